The molecule has 0 atom stereocenters. The van der Waals surface area contributed by atoms with Gasteiger partial charge in [-0.25, -0.2) is 12.7 Å². The molecule has 0 aromatic heterocycles. The summed E-state index contributed by atoms with van der Waals surface area (Å²) in [5.74, 6) is 0.0639. The molecule has 2 aliphatic rings. The van der Waals surface area contributed by atoms with E-state index in [1.165, 1.54) is 4.31 Å². The molecule has 1 saturated heterocycles. The standard InChI is InChI=1S/C14H24N2O5S2/c17-13(11-1-3-12(4-2-11)14(18)19)15-5-10-23(20,21)16-6-8-22-9-7-16/h11-12H,1-10H2,(H,15,17)(H,18,19). The van der Waals surface area contributed by atoms with Crippen LogP contribution in [0.2, 0.25) is 0 Å². The van der Waals surface area contributed by atoms with Crippen LogP contribution in [0.4, 0.5) is 0 Å². The van der Waals surface area contributed by atoms with Gasteiger partial charge in [-0.15, -0.1) is 0 Å². The first-order chi connectivity index (χ1) is 10.9. The van der Waals surface area contributed by atoms with Crippen molar-refractivity contribution in [3.8, 4) is 0 Å². The summed E-state index contributed by atoms with van der Waals surface area (Å²) in [5.41, 5.74) is 0. The largest absolute Gasteiger partial charge is 0.481 e. The summed E-state index contributed by atoms with van der Waals surface area (Å²) >= 11 is 1.75. The molecule has 1 aliphatic carbocycles. The molecule has 132 valence electrons. The summed E-state index contributed by atoms with van der Waals surface area (Å²) < 4.78 is 25.8. The maximum atomic E-state index is 12.2. The number of sulfonamides is 1. The zero-order chi connectivity index (χ0) is 16.9. The van der Waals surface area contributed by atoms with E-state index in [0.717, 1.165) is 11.5 Å². The van der Waals surface area contributed by atoms with E-state index < -0.39 is 16.0 Å². The molecule has 2 rings (SSSR count). The lowest BCUT2D eigenvalue weighted by atomic mass is 9.81. The number of aliphatic carboxylic acids is 1. The number of amides is 1. The monoisotopic (exact) mass is 364 g/mol. The molecule has 0 spiro atoms. The summed E-state index contributed by atoms with van der Waals surface area (Å²) in [5, 5.41) is 11.6. The average Bonchev–Trinajstić information content (AvgIpc) is 2.55. The van der Waals surface area contributed by atoms with Gasteiger partial charge in [0.1, 0.15) is 0 Å². The van der Waals surface area contributed by atoms with Gasteiger partial charge in [0.15, 0.2) is 0 Å². The van der Waals surface area contributed by atoms with E-state index >= 15 is 0 Å². The number of carbonyl (C=O) groups excluding carboxylic acids is 1. The van der Waals surface area contributed by atoms with Crippen molar-refractivity contribution < 1.29 is 23.1 Å². The molecule has 0 aromatic carbocycles. The van der Waals surface area contributed by atoms with Gasteiger partial charge in [-0.1, -0.05) is 0 Å². The van der Waals surface area contributed by atoms with Gasteiger partial charge >= 0.3 is 5.97 Å². The first kappa shape index (κ1) is 18.5. The predicted molar refractivity (Wildman–Crippen MR) is 88.8 cm³/mol. The van der Waals surface area contributed by atoms with Crippen LogP contribution in [0.5, 0.6) is 0 Å². The Morgan fingerprint density at radius 2 is 1.65 bits per heavy atom. The van der Waals surface area contributed by atoms with Crippen LogP contribution in [0, 0.1) is 11.8 Å². The van der Waals surface area contributed by atoms with Crippen molar-refractivity contribution in [2.45, 2.75) is 25.7 Å². The number of nitrogens with one attached hydrogen (secondary N) is 1. The number of nitrogens with zero attached hydrogens (tertiary/aromatic N) is 1. The molecule has 0 radical (unpaired) electrons. The summed E-state index contributed by atoms with van der Waals surface area (Å²) in [6.45, 7) is 1.20. The Bertz CT molecular complexity index is 523. The highest BCUT2D eigenvalue weighted by molar-refractivity contribution is 7.99. The number of carboxylic acid groups (broad SMARTS) is 1. The molecule has 23 heavy (non-hydrogen) atoms. The molecule has 1 aliphatic heterocycles. The third kappa shape index (κ3) is 5.36. The van der Waals surface area contributed by atoms with E-state index in [1.54, 1.807) is 11.8 Å². The maximum absolute atomic E-state index is 12.2. The molecule has 2 fully saturated rings. The molecule has 1 heterocycles. The second kappa shape index (κ2) is 8.34. The van der Waals surface area contributed by atoms with Crippen LogP contribution >= 0.6 is 11.8 Å². The van der Waals surface area contributed by atoms with Gasteiger partial charge in [-0.2, -0.15) is 11.8 Å². The van der Waals surface area contributed by atoms with Crippen molar-refractivity contribution in [3.05, 3.63) is 0 Å². The van der Waals surface area contributed by atoms with Crippen molar-refractivity contribution >= 4 is 33.7 Å². The molecule has 0 bridgehead atoms. The third-order valence-electron chi connectivity index (χ3n) is 4.47. The van der Waals surface area contributed by atoms with Crippen molar-refractivity contribution in [1.82, 2.24) is 9.62 Å². The Hall–Kier alpha value is -0.800. The van der Waals surface area contributed by atoms with E-state index in [4.69, 9.17) is 5.11 Å². The van der Waals surface area contributed by atoms with Crippen LogP contribution in [0.15, 0.2) is 0 Å². The molecule has 0 aromatic rings. The summed E-state index contributed by atoms with van der Waals surface area (Å²) in [4.78, 5) is 23.0. The fraction of sp³-hybridized carbons (Fsp3) is 0.857. The van der Waals surface area contributed by atoms with Crippen molar-refractivity contribution in [3.63, 3.8) is 0 Å². The highest BCUT2D eigenvalue weighted by atomic mass is 32.2. The van der Waals surface area contributed by atoms with Crippen LogP contribution in [0.3, 0.4) is 0 Å². The zero-order valence-electron chi connectivity index (χ0n) is 13.1. The Morgan fingerprint density at radius 3 is 2.22 bits per heavy atom. The first-order valence-corrected chi connectivity index (χ1v) is 10.7. The zero-order valence-corrected chi connectivity index (χ0v) is 14.7. The van der Waals surface area contributed by atoms with Crippen molar-refractivity contribution in [1.29, 1.82) is 0 Å². The Labute approximate surface area is 141 Å². The Kier molecular flexibility index (Phi) is 6.72. The van der Waals surface area contributed by atoms with Crippen LogP contribution in [-0.4, -0.2) is 66.6 Å². The lowest BCUT2D eigenvalue weighted by Gasteiger charge is -2.27. The van der Waals surface area contributed by atoms with Gasteiger partial charge in [-0.3, -0.25) is 9.59 Å². The molecule has 2 N–H and O–H groups in total. The lowest BCUT2D eigenvalue weighted by molar-refractivity contribution is -0.144. The maximum Gasteiger partial charge on any atom is 0.306 e. The van der Waals surface area contributed by atoms with Crippen molar-refractivity contribution in [2.24, 2.45) is 11.8 Å². The van der Waals surface area contributed by atoms with Gasteiger partial charge < -0.3 is 10.4 Å². The topological polar surface area (TPSA) is 104 Å². The fourth-order valence-electron chi connectivity index (χ4n) is 3.00. The SMILES string of the molecule is O=C(O)C1CCC(C(=O)NCCS(=O)(=O)N2CCSCC2)CC1. The third-order valence-corrected chi connectivity index (χ3v) is 7.28. The minimum absolute atomic E-state index is 0.0755. The number of carbonyl (C=O) groups is 2. The van der Waals surface area contributed by atoms with Gasteiger partial charge in [-0.05, 0) is 25.7 Å². The van der Waals surface area contributed by atoms with E-state index in [-0.39, 0.29) is 30.0 Å². The van der Waals surface area contributed by atoms with Crippen LogP contribution < -0.4 is 5.32 Å². The predicted octanol–water partition coefficient (Wildman–Crippen LogP) is 0.372. The van der Waals surface area contributed by atoms with Gasteiger partial charge in [0.05, 0.1) is 11.7 Å². The van der Waals surface area contributed by atoms with E-state index in [1.807, 2.05) is 0 Å². The summed E-state index contributed by atoms with van der Waals surface area (Å²) in [6.07, 6.45) is 2.13. The summed E-state index contributed by atoms with van der Waals surface area (Å²) in [7, 11) is -3.30. The molecule has 7 nitrogen and oxygen atoms in total. The molecule has 0 unspecified atom stereocenters. The minimum atomic E-state index is -3.30. The molecule has 1 saturated carbocycles. The first-order valence-electron chi connectivity index (χ1n) is 7.96. The molecular formula is C14H24N2O5S2. The van der Waals surface area contributed by atoms with E-state index in [0.29, 0.717) is 38.8 Å². The molecular weight excluding hydrogens is 340 g/mol. The number of carboxylic acids is 1. The smallest absolute Gasteiger partial charge is 0.306 e. The van der Waals surface area contributed by atoms with E-state index in [9.17, 15) is 18.0 Å². The highest BCUT2D eigenvalue weighted by Gasteiger charge is 2.30. The van der Waals surface area contributed by atoms with Crippen molar-refractivity contribution in [2.75, 3.05) is 36.9 Å². The van der Waals surface area contributed by atoms with Crippen LogP contribution in [0.1, 0.15) is 25.7 Å². The van der Waals surface area contributed by atoms with Gasteiger partial charge in [0, 0.05) is 37.1 Å². The molecule has 1 amide bonds. The Morgan fingerprint density at radius 1 is 1.09 bits per heavy atom. The second-order valence-electron chi connectivity index (χ2n) is 6.01. The van der Waals surface area contributed by atoms with Crippen LogP contribution in [0.25, 0.3) is 0 Å². The number of hydrogen-bond acceptors (Lipinski definition) is 5. The van der Waals surface area contributed by atoms with Crippen LogP contribution in [-0.2, 0) is 19.6 Å². The average molecular weight is 364 g/mol. The lowest BCUT2D eigenvalue weighted by Crippen LogP contribution is -2.43. The number of rotatable bonds is 6. The van der Waals surface area contributed by atoms with E-state index in [2.05, 4.69) is 5.32 Å². The quantitative estimate of drug-likeness (QED) is 0.706. The number of hydrogen-bond donors (Lipinski definition) is 2. The molecule has 9 heteroatoms. The second-order valence-corrected chi connectivity index (χ2v) is 9.32. The highest BCUT2D eigenvalue weighted by Crippen LogP contribution is 2.28. The summed E-state index contributed by atoms with van der Waals surface area (Å²) in [6, 6.07) is 0. The fourth-order valence-corrected chi connectivity index (χ4v) is 5.50. The Balaban J connectivity index is 1.71. The normalized spacial score (nSPS) is 26.6. The number of thioether (sulfide) groups is 1. The minimum Gasteiger partial charge on any atom is -0.481 e. The van der Waals surface area contributed by atoms with Gasteiger partial charge in [0.25, 0.3) is 0 Å². The van der Waals surface area contributed by atoms with Gasteiger partial charge in [0.2, 0.25) is 15.9 Å².